The highest BCUT2D eigenvalue weighted by Gasteiger charge is 2.38. The molecule has 0 amide bonds. The lowest BCUT2D eigenvalue weighted by molar-refractivity contribution is -0.144. The molecule has 0 radical (unpaired) electrons. The molecule has 1 aliphatic heterocycles. The number of pyridine rings is 1. The van der Waals surface area contributed by atoms with E-state index in [-0.39, 0.29) is 11.8 Å². The second-order valence-corrected chi connectivity index (χ2v) is 8.99. The average molecular weight is 450 g/mol. The van der Waals surface area contributed by atoms with E-state index in [9.17, 15) is 9.90 Å². The molecule has 2 heterocycles. The molecular weight excluding hydrogens is 428 g/mol. The van der Waals surface area contributed by atoms with Gasteiger partial charge in [-0.15, -0.1) is 0 Å². The molecular formula is C21H22BrClN2O2. The molecule has 4 rings (SSSR count). The van der Waals surface area contributed by atoms with Gasteiger partial charge in [0, 0.05) is 21.6 Å². The van der Waals surface area contributed by atoms with Crippen LogP contribution < -0.4 is 0 Å². The number of carboxylic acids is 1. The summed E-state index contributed by atoms with van der Waals surface area (Å²) in [6.45, 7) is 0.785. The fourth-order valence-electron chi connectivity index (χ4n) is 4.66. The molecule has 4 nitrogen and oxygen atoms in total. The molecule has 2 aromatic rings. The van der Waals surface area contributed by atoms with E-state index in [1.807, 2.05) is 24.2 Å². The number of aromatic nitrogens is 1. The van der Waals surface area contributed by atoms with Crippen molar-refractivity contribution < 1.29 is 9.90 Å². The molecule has 3 atom stereocenters. The number of hydrogen-bond acceptors (Lipinski definition) is 3. The van der Waals surface area contributed by atoms with E-state index < -0.39 is 12.0 Å². The third-order valence-electron chi connectivity index (χ3n) is 6.03. The van der Waals surface area contributed by atoms with Crippen molar-refractivity contribution in [2.24, 2.45) is 5.92 Å². The monoisotopic (exact) mass is 448 g/mol. The van der Waals surface area contributed by atoms with Gasteiger partial charge >= 0.3 is 5.97 Å². The summed E-state index contributed by atoms with van der Waals surface area (Å²) >= 11 is 9.82. The first-order valence-electron chi connectivity index (χ1n) is 9.29. The Hall–Kier alpha value is -1.43. The van der Waals surface area contributed by atoms with Crippen LogP contribution >= 0.6 is 27.5 Å². The fourth-order valence-corrected chi connectivity index (χ4v) is 5.24. The van der Waals surface area contributed by atoms with Crippen LogP contribution in [0, 0.1) is 5.92 Å². The molecule has 2 aliphatic rings. The number of rotatable bonds is 2. The molecule has 0 bridgehead atoms. The molecule has 0 spiro atoms. The molecule has 6 heteroatoms. The average Bonchev–Trinajstić information content (AvgIpc) is 2.78. The first-order valence-corrected chi connectivity index (χ1v) is 10.5. The largest absolute Gasteiger partial charge is 0.480 e. The summed E-state index contributed by atoms with van der Waals surface area (Å²) < 4.78 is 0.982. The lowest BCUT2D eigenvalue weighted by atomic mass is 9.74. The Morgan fingerprint density at radius 3 is 2.85 bits per heavy atom. The van der Waals surface area contributed by atoms with Crippen LogP contribution in [0.4, 0.5) is 0 Å². The van der Waals surface area contributed by atoms with Crippen LogP contribution in [0.25, 0.3) is 0 Å². The summed E-state index contributed by atoms with van der Waals surface area (Å²) in [7, 11) is 1.90. The van der Waals surface area contributed by atoms with Gasteiger partial charge in [0.25, 0.3) is 0 Å². The summed E-state index contributed by atoms with van der Waals surface area (Å²) in [5.41, 5.74) is 4.85. The minimum absolute atomic E-state index is 0.110. The third kappa shape index (κ3) is 3.65. The van der Waals surface area contributed by atoms with Gasteiger partial charge in [0.05, 0.1) is 5.69 Å². The van der Waals surface area contributed by atoms with Crippen LogP contribution in [0.5, 0.6) is 0 Å². The number of carboxylic acid groups (broad SMARTS) is 1. The van der Waals surface area contributed by atoms with Gasteiger partial charge in [-0.05, 0) is 96.0 Å². The highest BCUT2D eigenvalue weighted by Crippen LogP contribution is 2.44. The Balaban J connectivity index is 1.82. The molecule has 1 fully saturated rings. The zero-order chi connectivity index (χ0) is 19.1. The van der Waals surface area contributed by atoms with E-state index in [2.05, 4.69) is 34.1 Å². The third-order valence-corrected chi connectivity index (χ3v) is 6.70. The molecule has 27 heavy (non-hydrogen) atoms. The Kier molecular flexibility index (Phi) is 5.28. The minimum Gasteiger partial charge on any atom is -0.480 e. The van der Waals surface area contributed by atoms with Crippen molar-refractivity contribution in [3.05, 3.63) is 62.3 Å². The summed E-state index contributed by atoms with van der Waals surface area (Å²) in [5.74, 6) is -0.387. The Morgan fingerprint density at radius 2 is 2.07 bits per heavy atom. The maximum absolute atomic E-state index is 11.8. The molecule has 1 saturated heterocycles. The van der Waals surface area contributed by atoms with Crippen molar-refractivity contribution in [2.45, 2.75) is 37.6 Å². The van der Waals surface area contributed by atoms with Gasteiger partial charge in [-0.25, -0.2) is 0 Å². The van der Waals surface area contributed by atoms with Crippen LogP contribution in [-0.2, 0) is 17.6 Å². The number of likely N-dealkylation sites (N-methyl/N-ethyl adjacent to an activating group) is 1. The summed E-state index contributed by atoms with van der Waals surface area (Å²) in [4.78, 5) is 18.5. The predicted octanol–water partition coefficient (Wildman–Crippen LogP) is 4.52. The van der Waals surface area contributed by atoms with Gasteiger partial charge < -0.3 is 5.11 Å². The molecule has 1 aliphatic carbocycles. The summed E-state index contributed by atoms with van der Waals surface area (Å²) in [6, 6.07) is 7.85. The number of benzene rings is 1. The number of carbonyl (C=O) groups is 1. The van der Waals surface area contributed by atoms with Crippen molar-refractivity contribution in [1.29, 1.82) is 0 Å². The number of nitrogens with zero attached hydrogens (tertiary/aromatic N) is 2. The summed E-state index contributed by atoms with van der Waals surface area (Å²) in [5, 5.41) is 10.4. The number of hydrogen-bond donors (Lipinski definition) is 1. The van der Waals surface area contributed by atoms with E-state index in [0.717, 1.165) is 41.0 Å². The van der Waals surface area contributed by atoms with Gasteiger partial charge in [0.15, 0.2) is 0 Å². The van der Waals surface area contributed by atoms with Crippen molar-refractivity contribution in [1.82, 2.24) is 9.88 Å². The van der Waals surface area contributed by atoms with E-state index in [1.165, 1.54) is 16.7 Å². The zero-order valence-electron chi connectivity index (χ0n) is 15.2. The second-order valence-electron chi connectivity index (χ2n) is 7.64. The first kappa shape index (κ1) is 18.9. The van der Waals surface area contributed by atoms with E-state index in [1.54, 1.807) is 0 Å². The quantitative estimate of drug-likeness (QED) is 0.732. The fraction of sp³-hybridized carbons (Fsp3) is 0.429. The van der Waals surface area contributed by atoms with Crippen LogP contribution in [0.15, 0.2) is 34.9 Å². The van der Waals surface area contributed by atoms with Gasteiger partial charge in [-0.3, -0.25) is 14.7 Å². The molecule has 1 aromatic heterocycles. The predicted molar refractivity (Wildman–Crippen MR) is 109 cm³/mol. The number of piperidine rings is 1. The second kappa shape index (κ2) is 7.53. The normalized spacial score (nSPS) is 25.4. The number of aryl methyl sites for hydroxylation is 2. The molecule has 142 valence electrons. The number of halogens is 2. The first-order chi connectivity index (χ1) is 12.9. The SMILES string of the molecule is CN1CCC(C2c3ccc(Cl)cc3CCc3cc(Br)cnc32)CC1C(=O)O. The number of likely N-dealkylation sites (tertiary alicyclic amines) is 1. The van der Waals surface area contributed by atoms with Crippen molar-refractivity contribution in [2.75, 3.05) is 13.6 Å². The summed E-state index contributed by atoms with van der Waals surface area (Å²) in [6.07, 6.45) is 5.30. The Morgan fingerprint density at radius 1 is 1.30 bits per heavy atom. The molecule has 0 saturated carbocycles. The van der Waals surface area contributed by atoms with Crippen molar-refractivity contribution in [3.8, 4) is 0 Å². The Bertz CT molecular complexity index is 835. The minimum atomic E-state index is -0.740. The van der Waals surface area contributed by atoms with E-state index >= 15 is 0 Å². The van der Waals surface area contributed by atoms with Crippen LogP contribution in [0.3, 0.4) is 0 Å². The molecule has 1 aromatic carbocycles. The highest BCUT2D eigenvalue weighted by molar-refractivity contribution is 9.10. The lowest BCUT2D eigenvalue weighted by Gasteiger charge is -2.38. The van der Waals surface area contributed by atoms with Crippen molar-refractivity contribution >= 4 is 33.5 Å². The van der Waals surface area contributed by atoms with Crippen LogP contribution in [0.1, 0.15) is 41.1 Å². The van der Waals surface area contributed by atoms with E-state index in [0.29, 0.717) is 6.42 Å². The van der Waals surface area contributed by atoms with Gasteiger partial charge in [-0.1, -0.05) is 17.7 Å². The van der Waals surface area contributed by atoms with Crippen molar-refractivity contribution in [3.63, 3.8) is 0 Å². The highest BCUT2D eigenvalue weighted by atomic mass is 79.9. The van der Waals surface area contributed by atoms with Crippen LogP contribution in [-0.4, -0.2) is 40.6 Å². The topological polar surface area (TPSA) is 53.4 Å². The van der Waals surface area contributed by atoms with E-state index in [4.69, 9.17) is 16.6 Å². The standard InChI is InChI=1S/C21H22BrClN2O2/c1-25-7-6-13(10-18(25)21(26)27)19-17-5-4-16(23)9-12(17)2-3-14-8-15(22)11-24-20(14)19/h4-5,8-9,11,13,18-19H,2-3,6-7,10H2,1H3,(H,26,27). The smallest absolute Gasteiger partial charge is 0.320 e. The zero-order valence-corrected chi connectivity index (χ0v) is 17.5. The van der Waals surface area contributed by atoms with Gasteiger partial charge in [0.1, 0.15) is 6.04 Å². The molecule has 1 N–H and O–H groups in total. The lowest BCUT2D eigenvalue weighted by Crippen LogP contribution is -2.46. The maximum atomic E-state index is 11.8. The molecule has 3 unspecified atom stereocenters. The van der Waals surface area contributed by atoms with Gasteiger partial charge in [-0.2, -0.15) is 0 Å². The van der Waals surface area contributed by atoms with Gasteiger partial charge in [0.2, 0.25) is 0 Å². The number of fused-ring (bicyclic) bond motifs is 2. The maximum Gasteiger partial charge on any atom is 0.320 e. The number of aliphatic carboxylic acids is 1. The Labute approximate surface area is 172 Å². The van der Waals surface area contributed by atoms with Crippen LogP contribution in [0.2, 0.25) is 5.02 Å².